The minimum Gasteiger partial charge on any atom is -0.462 e. The van der Waals surface area contributed by atoms with Crippen molar-refractivity contribution >= 4 is 81.7 Å². The van der Waals surface area contributed by atoms with Crippen LogP contribution in [0, 0.1) is 60.7 Å². The third-order valence-corrected chi connectivity index (χ3v) is 14.3. The highest BCUT2D eigenvalue weighted by molar-refractivity contribution is 6.36. The fourth-order valence-electron chi connectivity index (χ4n) is 9.18. The Bertz CT molecular complexity index is 4940. The van der Waals surface area contributed by atoms with E-state index in [9.17, 15) is 89.5 Å². The van der Waals surface area contributed by atoms with Crippen molar-refractivity contribution in [2.75, 3.05) is 38.4 Å². The molecule has 3 heterocycles. The Morgan fingerprint density at radius 3 is 1.30 bits per heavy atom. The number of benzene rings is 6. The van der Waals surface area contributed by atoms with E-state index in [1.165, 1.54) is 18.5 Å². The maximum absolute atomic E-state index is 12.2. The van der Waals surface area contributed by atoms with Crippen LogP contribution in [0.25, 0.3) is 51.2 Å². The first-order valence-corrected chi connectivity index (χ1v) is 34.0. The molecule has 0 aliphatic heterocycles. The first-order valence-electron chi connectivity index (χ1n) is 33.6. The van der Waals surface area contributed by atoms with Gasteiger partial charge in [0.1, 0.15) is 55.9 Å². The van der Waals surface area contributed by atoms with Gasteiger partial charge in [0.2, 0.25) is 6.20 Å². The number of esters is 5. The summed E-state index contributed by atoms with van der Waals surface area (Å²) in [6.07, 6.45) is 8.59. The van der Waals surface area contributed by atoms with Gasteiger partial charge in [-0.25, -0.2) is 33.9 Å². The molecular formula is C77H75ClN12O23. The van der Waals surface area contributed by atoms with Gasteiger partial charge >= 0.3 is 46.9 Å². The zero-order valence-corrected chi connectivity index (χ0v) is 62.2. The molecule has 0 fully saturated rings. The molecule has 9 rings (SSSR count). The molecule has 0 amide bonds. The molecule has 35 nitrogen and oxygen atoms in total. The standard InChI is InChI=1S/C17H19N3O4.C16H18N2O6.C14H11ClN2O4.C14H12N2O5.C8H8N2O2.C8H7NO2/c1-4-24-17(21)13-10-18-14(12-8-6-5-7-9-12)16(20(22)23)15(13)19-11(2)3;1-3-23-15(19)13(16(20)24-4-2)10-17-14(11-18(21)22)12-8-6-5-7-9-12;1-2-21-14(18)10-8-16-12(9-6-4-3-5-7-9)13(11(10)15)17(19)20;1-2-21-14(18)10-8-15-11(9-6-4-3-5-7-9)12(13(10)17)16(19)20;9-8(6-10(11)12)7-4-2-1-3-5-7;10-9(11)7-6-8-4-2-1-3-5-8/h5-11H,4H2,1-3H3,(H,18,19);5-11,17H,3-4H2,1-2H3;3-8H,2H2,1H3;3-8H,2H2,1H3,(H,15,17);1-6H,9H2;1-7H/b;14-11+;;;8-6-;7-6+. The van der Waals surface area contributed by atoms with E-state index in [4.69, 9.17) is 41.0 Å². The Balaban J connectivity index is 0.000000291. The Labute approximate surface area is 649 Å². The van der Waals surface area contributed by atoms with Crippen molar-refractivity contribution in [2.45, 2.75) is 54.5 Å². The smallest absolute Gasteiger partial charge is 0.347 e. The van der Waals surface area contributed by atoms with Crippen molar-refractivity contribution in [3.63, 3.8) is 0 Å². The number of carbonyl (C=O) groups excluding carboxylic acids is 5. The van der Waals surface area contributed by atoms with E-state index < -0.39 is 76.2 Å². The summed E-state index contributed by atoms with van der Waals surface area (Å²) in [6, 6.07) is 52.1. The number of ether oxygens (including phenoxy) is 5. The predicted octanol–water partition coefficient (Wildman–Crippen LogP) is 14.3. The third kappa shape index (κ3) is 29.2. The van der Waals surface area contributed by atoms with Gasteiger partial charge in [0.05, 0.1) is 62.6 Å². The quantitative estimate of drug-likeness (QED) is 0.00744. The van der Waals surface area contributed by atoms with Gasteiger partial charge in [0.15, 0.2) is 5.57 Å². The lowest BCUT2D eigenvalue weighted by Crippen LogP contribution is -2.21. The SMILES string of the molecule is CCOC(=O)C(=CN/C(=C/[N+](=O)[O-])c1ccccc1)C(=O)OCC.CCOC(=O)c1c[nH]c(-c2ccccc2)c([N+](=O)[O-])c1=O.CCOC(=O)c1cnc(-c2ccccc2)c([N+](=O)[O-])c1Cl.CCOC(=O)c1cnc(-c2ccccc2)c([N+](=O)[O-])c1NC(C)C.N/C(=C\[N+](=O)[O-])c1ccccc1.O=[N+]([O-])/C=C/c1ccccc1. The Morgan fingerprint density at radius 2 is 0.885 bits per heavy atom. The maximum atomic E-state index is 12.2. The number of hydrogen-bond acceptors (Lipinski definition) is 28. The highest BCUT2D eigenvalue weighted by Crippen LogP contribution is 2.39. The number of rotatable bonds is 26. The second kappa shape index (κ2) is 47.6. The van der Waals surface area contributed by atoms with Crippen molar-refractivity contribution in [3.05, 3.63) is 340 Å². The lowest BCUT2D eigenvalue weighted by molar-refractivity contribution is -0.401. The fraction of sp³-hybridized carbons (Fsp3) is 0.169. The summed E-state index contributed by atoms with van der Waals surface area (Å²) in [4.78, 5) is 143. The van der Waals surface area contributed by atoms with E-state index in [-0.39, 0.29) is 106 Å². The number of halogens is 1. The molecule has 0 saturated carbocycles. The highest BCUT2D eigenvalue weighted by Gasteiger charge is 2.32. The molecule has 0 atom stereocenters. The molecular weight excluding hydrogens is 1500 g/mol. The first-order chi connectivity index (χ1) is 54.0. The van der Waals surface area contributed by atoms with E-state index in [2.05, 4.69) is 25.6 Å². The van der Waals surface area contributed by atoms with E-state index in [1.54, 1.807) is 186 Å². The lowest BCUT2D eigenvalue weighted by Gasteiger charge is -2.16. The number of aromatic nitrogens is 3. The number of anilines is 1. The largest absolute Gasteiger partial charge is 0.462 e. The summed E-state index contributed by atoms with van der Waals surface area (Å²) in [7, 11) is 0. The number of pyridine rings is 3. The van der Waals surface area contributed by atoms with Crippen LogP contribution >= 0.6 is 11.6 Å². The Morgan fingerprint density at radius 1 is 0.496 bits per heavy atom. The molecule has 5 N–H and O–H groups in total. The molecule has 36 heteroatoms. The van der Waals surface area contributed by atoms with Gasteiger partial charge in [0, 0.05) is 64.7 Å². The average Bonchev–Trinajstić information content (AvgIpc) is 0.802. The van der Waals surface area contributed by atoms with Gasteiger partial charge in [0.25, 0.3) is 17.8 Å². The van der Waals surface area contributed by atoms with Gasteiger partial charge in [-0.05, 0) is 54.0 Å². The van der Waals surface area contributed by atoms with Crippen LogP contribution in [0.1, 0.15) is 96.2 Å². The highest BCUT2D eigenvalue weighted by atomic mass is 35.5. The molecule has 6 aromatic carbocycles. The van der Waals surface area contributed by atoms with Crippen LogP contribution in [0.5, 0.6) is 0 Å². The van der Waals surface area contributed by atoms with Crippen LogP contribution in [0.15, 0.2) is 236 Å². The molecule has 113 heavy (non-hydrogen) atoms. The number of nitrogens with one attached hydrogen (secondary N) is 3. The average molecular weight is 1570 g/mol. The molecule has 0 aliphatic rings. The zero-order chi connectivity index (χ0) is 83.5. The molecule has 0 unspecified atom stereocenters. The topological polar surface area (TPSA) is 499 Å². The monoisotopic (exact) mass is 1570 g/mol. The van der Waals surface area contributed by atoms with Gasteiger partial charge < -0.3 is 45.0 Å². The van der Waals surface area contributed by atoms with Gasteiger partial charge in [-0.3, -0.25) is 65.5 Å². The van der Waals surface area contributed by atoms with Gasteiger partial charge in [-0.15, -0.1) is 0 Å². The number of carbonyl (C=O) groups is 5. The van der Waals surface area contributed by atoms with Crippen LogP contribution in [0.4, 0.5) is 22.7 Å². The van der Waals surface area contributed by atoms with E-state index in [1.807, 2.05) is 44.2 Å². The summed E-state index contributed by atoms with van der Waals surface area (Å²) in [5, 5.41) is 70.2. The van der Waals surface area contributed by atoms with Crippen molar-refractivity contribution in [2.24, 2.45) is 5.73 Å². The molecule has 0 bridgehead atoms. The van der Waals surface area contributed by atoms with Gasteiger partial charge in [-0.1, -0.05) is 194 Å². The second-order valence-corrected chi connectivity index (χ2v) is 22.5. The molecule has 9 aromatic rings. The fourth-order valence-corrected chi connectivity index (χ4v) is 9.47. The molecule has 0 radical (unpaired) electrons. The van der Waals surface area contributed by atoms with Crippen LogP contribution in [0.2, 0.25) is 5.02 Å². The zero-order valence-electron chi connectivity index (χ0n) is 61.5. The van der Waals surface area contributed by atoms with Crippen molar-refractivity contribution in [3.8, 4) is 33.8 Å². The summed E-state index contributed by atoms with van der Waals surface area (Å²) in [5.74, 6) is -4.02. The Hall–Kier alpha value is -15.0. The minimum atomic E-state index is -0.962. The maximum Gasteiger partial charge on any atom is 0.347 e. The van der Waals surface area contributed by atoms with E-state index in [0.29, 0.717) is 27.8 Å². The number of nitro groups is 6. The summed E-state index contributed by atoms with van der Waals surface area (Å²) >= 11 is 6.01. The van der Waals surface area contributed by atoms with Crippen LogP contribution in [-0.2, 0) is 33.3 Å². The third-order valence-electron chi connectivity index (χ3n) is 13.9. The van der Waals surface area contributed by atoms with Crippen molar-refractivity contribution in [1.29, 1.82) is 0 Å². The van der Waals surface area contributed by atoms with E-state index in [0.717, 1.165) is 36.6 Å². The number of nitrogens with two attached hydrogens (primary N) is 1. The summed E-state index contributed by atoms with van der Waals surface area (Å²) < 4.78 is 24.1. The number of nitrogens with zero attached hydrogens (tertiary/aromatic N) is 8. The molecule has 0 spiro atoms. The first kappa shape index (κ1) is 90.4. The van der Waals surface area contributed by atoms with Crippen LogP contribution in [-0.4, -0.2) is 113 Å². The van der Waals surface area contributed by atoms with E-state index >= 15 is 0 Å². The molecule has 0 aliphatic carbocycles. The predicted molar refractivity (Wildman–Crippen MR) is 417 cm³/mol. The molecule has 3 aromatic heterocycles. The Kier molecular flexibility index (Phi) is 38.1. The van der Waals surface area contributed by atoms with Crippen molar-refractivity contribution < 1.29 is 77.2 Å². The number of aromatic amines is 1. The van der Waals surface area contributed by atoms with Crippen LogP contribution in [0.3, 0.4) is 0 Å². The molecule has 588 valence electrons. The summed E-state index contributed by atoms with van der Waals surface area (Å²) in [5.41, 5.74) is 6.70. The normalized spacial score (nSPS) is 10.4. The van der Waals surface area contributed by atoms with Crippen LogP contribution < -0.4 is 21.8 Å². The lowest BCUT2D eigenvalue weighted by atomic mass is 10.1. The summed E-state index contributed by atoms with van der Waals surface area (Å²) in [6.45, 7) is 12.3. The van der Waals surface area contributed by atoms with Crippen molar-refractivity contribution in [1.82, 2.24) is 20.3 Å². The molecule has 0 saturated heterocycles. The number of hydrogen-bond donors (Lipinski definition) is 4. The number of H-pyrrole nitrogens is 1. The second-order valence-electron chi connectivity index (χ2n) is 22.1. The van der Waals surface area contributed by atoms with Gasteiger partial charge in [-0.2, -0.15) is 0 Å². The minimum absolute atomic E-state index is 0.0527.